The van der Waals surface area contributed by atoms with Crippen molar-refractivity contribution < 1.29 is 14.2 Å². The van der Waals surface area contributed by atoms with Gasteiger partial charge in [0.2, 0.25) is 0 Å². The highest BCUT2D eigenvalue weighted by Crippen LogP contribution is 2.29. The van der Waals surface area contributed by atoms with Crippen LogP contribution in [0.3, 0.4) is 0 Å². The Morgan fingerprint density at radius 1 is 0.897 bits per heavy atom. The van der Waals surface area contributed by atoms with Gasteiger partial charge in [-0.15, -0.1) is 0 Å². The molecule has 4 nitrogen and oxygen atoms in total. The fraction of sp³-hybridized carbons (Fsp3) is 0.174. The zero-order chi connectivity index (χ0) is 20.6. The van der Waals surface area contributed by atoms with Crippen LogP contribution in [0.4, 0.5) is 0 Å². The molecule has 0 saturated heterocycles. The predicted molar refractivity (Wildman–Crippen MR) is 120 cm³/mol. The molecule has 3 rings (SSSR count). The molecule has 0 aliphatic heterocycles. The molecule has 0 aromatic heterocycles. The first-order valence-electron chi connectivity index (χ1n) is 9.06. The number of methoxy groups -OCH3 is 2. The lowest BCUT2D eigenvalue weighted by atomic mass is 10.1. The SMILES string of the molecule is COc1ccccc1CNC(=S)c1ccc(OCc2ccc(Cl)cc2)c(OC)c1. The number of thiocarbonyl (C=S) groups is 1. The van der Waals surface area contributed by atoms with Crippen LogP contribution in [0.25, 0.3) is 0 Å². The molecule has 3 aromatic rings. The highest BCUT2D eigenvalue weighted by molar-refractivity contribution is 7.80. The second-order valence-corrected chi connectivity index (χ2v) is 7.12. The lowest BCUT2D eigenvalue weighted by Crippen LogP contribution is -2.22. The van der Waals surface area contributed by atoms with E-state index in [1.54, 1.807) is 14.2 Å². The van der Waals surface area contributed by atoms with Crippen molar-refractivity contribution in [3.8, 4) is 17.2 Å². The van der Waals surface area contributed by atoms with Gasteiger partial charge in [-0.1, -0.05) is 54.2 Å². The van der Waals surface area contributed by atoms with Crippen LogP contribution in [-0.2, 0) is 13.2 Å². The van der Waals surface area contributed by atoms with E-state index in [2.05, 4.69) is 5.32 Å². The highest BCUT2D eigenvalue weighted by atomic mass is 35.5. The summed E-state index contributed by atoms with van der Waals surface area (Å²) in [5.41, 5.74) is 2.91. The fourth-order valence-corrected chi connectivity index (χ4v) is 3.12. The summed E-state index contributed by atoms with van der Waals surface area (Å²) in [5.74, 6) is 2.10. The van der Waals surface area contributed by atoms with Gasteiger partial charge in [0.05, 0.1) is 14.2 Å². The molecule has 0 fully saturated rings. The van der Waals surface area contributed by atoms with Gasteiger partial charge in [0, 0.05) is 22.7 Å². The van der Waals surface area contributed by atoms with E-state index in [1.807, 2.05) is 66.7 Å². The standard InChI is InChI=1S/C23H22ClNO3S/c1-26-20-6-4-3-5-18(20)14-25-23(29)17-9-12-21(22(13-17)27-2)28-15-16-7-10-19(24)11-8-16/h3-13H,14-15H2,1-2H3,(H,25,29). The van der Waals surface area contributed by atoms with Crippen LogP contribution in [0.2, 0.25) is 5.02 Å². The predicted octanol–water partition coefficient (Wildman–Crippen LogP) is 5.40. The highest BCUT2D eigenvalue weighted by Gasteiger charge is 2.10. The summed E-state index contributed by atoms with van der Waals surface area (Å²) in [4.78, 5) is 0.624. The molecule has 0 atom stereocenters. The molecule has 0 aliphatic carbocycles. The van der Waals surface area contributed by atoms with Crippen LogP contribution in [0.15, 0.2) is 66.7 Å². The third-order valence-electron chi connectivity index (χ3n) is 4.37. The zero-order valence-corrected chi connectivity index (χ0v) is 17.8. The van der Waals surface area contributed by atoms with Gasteiger partial charge in [0.1, 0.15) is 17.3 Å². The van der Waals surface area contributed by atoms with Crippen molar-refractivity contribution in [1.29, 1.82) is 0 Å². The molecule has 29 heavy (non-hydrogen) atoms. The molecule has 6 heteroatoms. The first-order valence-corrected chi connectivity index (χ1v) is 9.84. The van der Waals surface area contributed by atoms with Gasteiger partial charge in [-0.05, 0) is 42.0 Å². The maximum Gasteiger partial charge on any atom is 0.161 e. The number of hydrogen-bond acceptors (Lipinski definition) is 4. The Morgan fingerprint density at radius 2 is 1.62 bits per heavy atom. The fourth-order valence-electron chi connectivity index (χ4n) is 2.80. The zero-order valence-electron chi connectivity index (χ0n) is 16.3. The summed E-state index contributed by atoms with van der Waals surface area (Å²) < 4.78 is 16.8. The second-order valence-electron chi connectivity index (χ2n) is 6.28. The molecule has 0 radical (unpaired) electrons. The van der Waals surface area contributed by atoms with Gasteiger partial charge in [-0.25, -0.2) is 0 Å². The van der Waals surface area contributed by atoms with Crippen LogP contribution < -0.4 is 19.5 Å². The molecular weight excluding hydrogens is 406 g/mol. The van der Waals surface area contributed by atoms with E-state index in [1.165, 1.54) is 0 Å². The summed E-state index contributed by atoms with van der Waals surface area (Å²) in [6, 6.07) is 21.0. The van der Waals surface area contributed by atoms with Gasteiger partial charge in [0.15, 0.2) is 11.5 Å². The van der Waals surface area contributed by atoms with E-state index < -0.39 is 0 Å². The summed E-state index contributed by atoms with van der Waals surface area (Å²) in [7, 11) is 3.27. The largest absolute Gasteiger partial charge is 0.496 e. The lowest BCUT2D eigenvalue weighted by molar-refractivity contribution is 0.284. The van der Waals surface area contributed by atoms with Crippen LogP contribution in [0, 0.1) is 0 Å². The Bertz CT molecular complexity index is 976. The van der Waals surface area contributed by atoms with Gasteiger partial charge in [-0.2, -0.15) is 0 Å². The van der Waals surface area contributed by atoms with Crippen LogP contribution >= 0.6 is 23.8 Å². The van der Waals surface area contributed by atoms with Gasteiger partial charge >= 0.3 is 0 Å². The minimum atomic E-state index is 0.420. The van der Waals surface area contributed by atoms with Crippen LogP contribution in [-0.4, -0.2) is 19.2 Å². The Balaban J connectivity index is 1.65. The third kappa shape index (κ3) is 5.62. The quantitative estimate of drug-likeness (QED) is 0.487. The first kappa shape index (κ1) is 21.0. The van der Waals surface area contributed by atoms with E-state index in [9.17, 15) is 0 Å². The minimum Gasteiger partial charge on any atom is -0.496 e. The van der Waals surface area contributed by atoms with E-state index >= 15 is 0 Å². The number of hydrogen-bond donors (Lipinski definition) is 1. The molecule has 0 unspecified atom stereocenters. The van der Waals surface area contributed by atoms with Crippen molar-refractivity contribution in [2.45, 2.75) is 13.2 Å². The molecular formula is C23H22ClNO3S. The number of nitrogens with one attached hydrogen (secondary N) is 1. The van der Waals surface area contributed by atoms with Gasteiger partial charge < -0.3 is 19.5 Å². The minimum absolute atomic E-state index is 0.420. The van der Waals surface area contributed by atoms with Crippen LogP contribution in [0.1, 0.15) is 16.7 Å². The summed E-state index contributed by atoms with van der Waals surface area (Å²) >= 11 is 11.5. The average molecular weight is 428 g/mol. The topological polar surface area (TPSA) is 39.7 Å². The molecule has 0 aliphatic rings. The maximum atomic E-state index is 5.92. The smallest absolute Gasteiger partial charge is 0.161 e. The van der Waals surface area contributed by atoms with E-state index in [0.717, 1.165) is 22.4 Å². The summed E-state index contributed by atoms with van der Waals surface area (Å²) in [6.07, 6.45) is 0. The van der Waals surface area contributed by atoms with Crippen LogP contribution in [0.5, 0.6) is 17.2 Å². The molecule has 1 N–H and O–H groups in total. The monoisotopic (exact) mass is 427 g/mol. The molecule has 0 amide bonds. The van der Waals surface area contributed by atoms with Crippen molar-refractivity contribution in [2.75, 3.05) is 14.2 Å². The van der Waals surface area contributed by atoms with E-state index in [-0.39, 0.29) is 0 Å². The lowest BCUT2D eigenvalue weighted by Gasteiger charge is -2.14. The van der Waals surface area contributed by atoms with Crippen molar-refractivity contribution in [1.82, 2.24) is 5.32 Å². The third-order valence-corrected chi connectivity index (χ3v) is 5.00. The first-order chi connectivity index (χ1) is 14.1. The molecule has 150 valence electrons. The van der Waals surface area contributed by atoms with Crippen molar-refractivity contribution in [3.63, 3.8) is 0 Å². The number of para-hydroxylation sites is 1. The Kier molecular flexibility index (Phi) is 7.33. The Morgan fingerprint density at radius 3 is 2.34 bits per heavy atom. The van der Waals surface area contributed by atoms with Crippen molar-refractivity contribution in [3.05, 3.63) is 88.4 Å². The molecule has 0 saturated carbocycles. The Hall–Kier alpha value is -2.76. The Labute approximate surface area is 181 Å². The van der Waals surface area contributed by atoms with Crippen molar-refractivity contribution >= 4 is 28.8 Å². The second kappa shape index (κ2) is 10.1. The normalized spacial score (nSPS) is 10.3. The number of rotatable bonds is 8. The molecule has 0 heterocycles. The van der Waals surface area contributed by atoms with Crippen molar-refractivity contribution in [2.24, 2.45) is 0 Å². The number of ether oxygens (including phenoxy) is 3. The molecule has 0 spiro atoms. The summed E-state index contributed by atoms with van der Waals surface area (Å²) in [5, 5.41) is 3.97. The maximum absolute atomic E-state index is 5.92. The molecule has 0 bridgehead atoms. The molecule has 3 aromatic carbocycles. The van der Waals surface area contributed by atoms with E-state index in [4.69, 9.17) is 38.0 Å². The number of halogens is 1. The van der Waals surface area contributed by atoms with Gasteiger partial charge in [-0.3, -0.25) is 0 Å². The summed E-state index contributed by atoms with van der Waals surface area (Å²) in [6.45, 7) is 0.989. The van der Waals surface area contributed by atoms with Gasteiger partial charge in [0.25, 0.3) is 0 Å². The average Bonchev–Trinajstić information content (AvgIpc) is 2.77. The number of benzene rings is 3. The van der Waals surface area contributed by atoms with E-state index in [0.29, 0.717) is 34.7 Å².